The van der Waals surface area contributed by atoms with Crippen LogP contribution in [0.15, 0.2) is 11.6 Å². The summed E-state index contributed by atoms with van der Waals surface area (Å²) in [5.41, 5.74) is 1.20. The topological polar surface area (TPSA) is 49.3 Å². The molecule has 0 radical (unpaired) electrons. The van der Waals surface area contributed by atoms with Crippen LogP contribution in [0.25, 0.3) is 0 Å². The zero-order chi connectivity index (χ0) is 10.0. The summed E-state index contributed by atoms with van der Waals surface area (Å²) in [6, 6.07) is -0.124. The molecule has 0 spiro atoms. The molecule has 1 amide bonds. The molecular weight excluding hydrogens is 642 g/mol. The molecule has 5 heteroatoms. The Hall–Kier alpha value is 1.27. The molecule has 0 saturated carbocycles. The maximum Gasteiger partial charge on any atom is 0.217 e. The zero-order valence-electron chi connectivity index (χ0n) is 9.37. The second-order valence-electron chi connectivity index (χ2n) is 3.87. The molecule has 2 unspecified atom stereocenters. The largest absolute Gasteiger partial charge is 0.391 e. The number of aliphatic hydroxyl groups is 1. The van der Waals surface area contributed by atoms with Crippen molar-refractivity contribution in [1.29, 1.82) is 0 Å². The average molecular weight is 659 g/mol. The van der Waals surface area contributed by atoms with E-state index >= 15 is 0 Å². The summed E-state index contributed by atoms with van der Waals surface area (Å²) in [6.07, 6.45) is 2.33. The van der Waals surface area contributed by atoms with Crippen LogP contribution in [0.1, 0.15) is 27.2 Å². The molecule has 3 atom stereocenters. The van der Waals surface area contributed by atoms with Crippen molar-refractivity contribution in [3.05, 3.63) is 11.6 Å². The number of hydrogen-bond acceptors (Lipinski definition) is 2. The predicted octanol–water partition coefficient (Wildman–Crippen LogP) is 0.838. The summed E-state index contributed by atoms with van der Waals surface area (Å²) >= 11 is 0. The quantitative estimate of drug-likeness (QED) is 0.411. The van der Waals surface area contributed by atoms with Crippen molar-refractivity contribution in [1.82, 2.24) is 5.32 Å². The van der Waals surface area contributed by atoms with E-state index in [1.54, 1.807) is 0 Å². The fraction of sp³-hybridized carbons (Fsp3) is 0.700. The summed E-state index contributed by atoms with van der Waals surface area (Å²) < 4.78 is 0. The van der Waals surface area contributed by atoms with Gasteiger partial charge in [-0.2, -0.15) is 0 Å². The molecule has 0 bridgehead atoms. The van der Waals surface area contributed by atoms with Crippen LogP contribution < -0.4 is 5.32 Å². The van der Waals surface area contributed by atoms with Gasteiger partial charge in [0.1, 0.15) is 0 Å². The van der Waals surface area contributed by atoms with Crippen molar-refractivity contribution in [2.45, 2.75) is 39.3 Å². The number of amides is 1. The van der Waals surface area contributed by atoms with Crippen LogP contribution in [0.3, 0.4) is 0 Å². The van der Waals surface area contributed by atoms with Crippen LogP contribution in [0, 0.1) is 68.1 Å². The molecule has 1 aliphatic carbocycles. The number of carbonyl (C=O) groups excluding carboxylic acids is 1. The molecule has 3 nitrogen and oxygen atoms in total. The molecule has 2 N–H and O–H groups in total. The second kappa shape index (κ2) is 8.38. The van der Waals surface area contributed by atoms with Gasteiger partial charge in [0, 0.05) is 69.2 Å². The molecule has 0 aromatic heterocycles. The van der Waals surface area contributed by atoms with E-state index in [-0.39, 0.29) is 80.1 Å². The molecule has 15 heavy (non-hydrogen) atoms. The van der Waals surface area contributed by atoms with Gasteiger partial charge in [-0.05, 0) is 19.3 Å². The smallest absolute Gasteiger partial charge is 0.217 e. The summed E-state index contributed by atoms with van der Waals surface area (Å²) in [7, 11) is 0. The van der Waals surface area contributed by atoms with E-state index in [0.717, 1.165) is 0 Å². The minimum Gasteiger partial charge on any atom is -0.391 e. The molecule has 0 heterocycles. The van der Waals surface area contributed by atoms with Gasteiger partial charge in [0.2, 0.25) is 5.91 Å². The molecular formula is C10H17NO2U2. The van der Waals surface area contributed by atoms with Crippen molar-refractivity contribution in [3.8, 4) is 0 Å². The molecule has 0 aromatic carbocycles. The Morgan fingerprint density at radius 1 is 1.53 bits per heavy atom. The number of nitrogens with one attached hydrogen (secondary N) is 1. The molecule has 82 valence electrons. The minimum atomic E-state index is -0.441. The van der Waals surface area contributed by atoms with E-state index in [0.29, 0.717) is 6.42 Å². The third kappa shape index (κ3) is 5.95. The number of hydrogen-bond donors (Lipinski definition) is 2. The average Bonchev–Trinajstić information content (AvgIpc) is 1.96. The first-order valence-corrected chi connectivity index (χ1v) is 4.63. The molecule has 0 saturated heterocycles. The predicted molar refractivity (Wildman–Crippen MR) is 51.1 cm³/mol. The zero-order valence-corrected chi connectivity index (χ0v) is 17.7. The summed E-state index contributed by atoms with van der Waals surface area (Å²) in [6.45, 7) is 5.49. The maximum atomic E-state index is 10.8. The number of aliphatic hydroxyl groups excluding tert-OH is 1. The molecule has 0 aromatic rings. The number of carbonyl (C=O) groups is 1. The van der Waals surface area contributed by atoms with Crippen LogP contribution in [0.5, 0.6) is 0 Å². The van der Waals surface area contributed by atoms with Crippen LogP contribution >= 0.6 is 0 Å². The van der Waals surface area contributed by atoms with E-state index in [1.807, 2.05) is 13.8 Å². The van der Waals surface area contributed by atoms with E-state index in [1.165, 1.54) is 12.5 Å². The molecule has 0 aliphatic heterocycles. The van der Waals surface area contributed by atoms with Crippen molar-refractivity contribution < 1.29 is 72.1 Å². The Morgan fingerprint density at radius 2 is 2.07 bits per heavy atom. The van der Waals surface area contributed by atoms with Gasteiger partial charge in [-0.15, -0.1) is 0 Å². The normalized spacial score (nSPS) is 29.3. The van der Waals surface area contributed by atoms with Gasteiger partial charge in [0.05, 0.1) is 12.1 Å². The Labute approximate surface area is 139 Å². The molecule has 1 aliphatic rings. The van der Waals surface area contributed by atoms with Gasteiger partial charge in [-0.3, -0.25) is 4.79 Å². The van der Waals surface area contributed by atoms with Gasteiger partial charge >= 0.3 is 0 Å². The Balaban J connectivity index is 0. The third-order valence-electron chi connectivity index (χ3n) is 2.43. The fourth-order valence-electron chi connectivity index (χ4n) is 1.89. The van der Waals surface area contributed by atoms with Crippen molar-refractivity contribution in [2.75, 3.05) is 0 Å². The van der Waals surface area contributed by atoms with Crippen LogP contribution in [0.4, 0.5) is 0 Å². The van der Waals surface area contributed by atoms with E-state index in [9.17, 15) is 9.90 Å². The second-order valence-corrected chi connectivity index (χ2v) is 3.87. The van der Waals surface area contributed by atoms with Crippen molar-refractivity contribution in [3.63, 3.8) is 0 Å². The van der Waals surface area contributed by atoms with E-state index < -0.39 is 6.10 Å². The summed E-state index contributed by atoms with van der Waals surface area (Å²) in [5.74, 6) is 0.136. The van der Waals surface area contributed by atoms with Crippen LogP contribution in [-0.4, -0.2) is 23.2 Å². The Bertz CT molecular complexity index is 244. The van der Waals surface area contributed by atoms with Gasteiger partial charge in [-0.1, -0.05) is 18.6 Å². The Kier molecular flexibility index (Phi) is 10.4. The Morgan fingerprint density at radius 3 is 2.47 bits per heavy atom. The van der Waals surface area contributed by atoms with Gasteiger partial charge in [0.15, 0.2) is 0 Å². The fourth-order valence-corrected chi connectivity index (χ4v) is 1.89. The van der Waals surface area contributed by atoms with E-state index in [2.05, 4.69) is 11.4 Å². The summed E-state index contributed by atoms with van der Waals surface area (Å²) in [4.78, 5) is 10.8. The van der Waals surface area contributed by atoms with Crippen molar-refractivity contribution >= 4 is 5.91 Å². The monoisotopic (exact) mass is 659 g/mol. The standard InChI is InChI=1S/C10H17NO2.2U/c1-6-4-7(2)10(9(13)5-6)11-8(3)12;;/h4,7,9-10,13H,5H2,1-3H3,(H,11,12);;/t7-,9?,10?;;/m0../s1. The molecule has 1 rings (SSSR count). The van der Waals surface area contributed by atoms with Gasteiger partial charge in [0.25, 0.3) is 0 Å². The van der Waals surface area contributed by atoms with Crippen molar-refractivity contribution in [2.24, 2.45) is 5.92 Å². The first kappa shape index (κ1) is 18.6. The third-order valence-corrected chi connectivity index (χ3v) is 2.43. The SMILES string of the molecule is CC(=O)NC1C(O)CC(C)=C[C@@H]1C.[U].[U]. The first-order chi connectivity index (χ1) is 6.00. The minimum absolute atomic E-state index is 0. The van der Waals surface area contributed by atoms with Gasteiger partial charge in [-0.25, -0.2) is 0 Å². The first-order valence-electron chi connectivity index (χ1n) is 4.63. The molecule has 0 fully saturated rings. The van der Waals surface area contributed by atoms with Crippen LogP contribution in [-0.2, 0) is 4.79 Å². The number of rotatable bonds is 1. The van der Waals surface area contributed by atoms with Crippen LogP contribution in [0.2, 0.25) is 0 Å². The summed E-state index contributed by atoms with van der Waals surface area (Å²) in [5, 5.41) is 12.5. The van der Waals surface area contributed by atoms with E-state index in [4.69, 9.17) is 0 Å². The van der Waals surface area contributed by atoms with Gasteiger partial charge < -0.3 is 10.4 Å². The maximum absolute atomic E-state index is 10.8.